The van der Waals surface area contributed by atoms with Gasteiger partial charge in [-0.1, -0.05) is 25.4 Å². The molecule has 1 aromatic heterocycles. The molecule has 0 saturated carbocycles. The van der Waals surface area contributed by atoms with Gasteiger partial charge in [0.25, 0.3) is 0 Å². The minimum atomic E-state index is 0.498. The molecule has 2 nitrogen and oxygen atoms in total. The first-order chi connectivity index (χ1) is 5.74. The summed E-state index contributed by atoms with van der Waals surface area (Å²) < 4.78 is 4.98. The average molecular weight is 188 g/mol. The Morgan fingerprint density at radius 1 is 1.33 bits per heavy atom. The zero-order valence-electron chi connectivity index (χ0n) is 7.89. The third-order valence-corrected chi connectivity index (χ3v) is 1.43. The number of methoxy groups -OCH3 is 1. The molecule has 0 aliphatic carbocycles. The van der Waals surface area contributed by atoms with E-state index in [1.807, 2.05) is 20.8 Å². The Hall–Kier alpha value is -0.760. The predicted octanol–water partition coefficient (Wildman–Crippen LogP) is 3.08. The maximum atomic E-state index is 5.61. The summed E-state index contributed by atoms with van der Waals surface area (Å²) in [5, 5.41) is 0.498. The third kappa shape index (κ3) is 3.09. The van der Waals surface area contributed by atoms with Gasteiger partial charge >= 0.3 is 0 Å². The number of pyridine rings is 1. The van der Waals surface area contributed by atoms with Crippen LogP contribution >= 0.6 is 11.6 Å². The van der Waals surface area contributed by atoms with Crippen molar-refractivity contribution in [1.82, 2.24) is 4.98 Å². The van der Waals surface area contributed by atoms with Crippen LogP contribution in [0.3, 0.4) is 0 Å². The molecule has 1 heterocycles. The smallest absolute Gasteiger partial charge is 0.140 e. The topological polar surface area (TPSA) is 22.1 Å². The average Bonchev–Trinajstić information content (AvgIpc) is 2.08. The predicted molar refractivity (Wildman–Crippen MR) is 51.9 cm³/mol. The van der Waals surface area contributed by atoms with Gasteiger partial charge < -0.3 is 4.74 Å². The molecular formula is C9H14ClNO. The summed E-state index contributed by atoms with van der Waals surface area (Å²) in [6, 6.07) is 3.50. The lowest BCUT2D eigenvalue weighted by Crippen LogP contribution is -1.89. The zero-order valence-corrected chi connectivity index (χ0v) is 8.64. The molecule has 1 aromatic rings. The fraction of sp³-hybridized carbons (Fsp3) is 0.444. The molecule has 0 N–H and O–H groups in total. The second-order valence-corrected chi connectivity index (χ2v) is 2.31. The van der Waals surface area contributed by atoms with Crippen molar-refractivity contribution in [1.29, 1.82) is 0 Å². The molecule has 0 radical (unpaired) electrons. The van der Waals surface area contributed by atoms with Crippen molar-refractivity contribution in [3.63, 3.8) is 0 Å². The molecule has 12 heavy (non-hydrogen) atoms. The highest BCUT2D eigenvalue weighted by atomic mass is 35.5. The van der Waals surface area contributed by atoms with E-state index in [0.29, 0.717) is 5.15 Å². The summed E-state index contributed by atoms with van der Waals surface area (Å²) in [4.78, 5) is 3.98. The Labute approximate surface area is 78.5 Å². The highest BCUT2D eigenvalue weighted by Crippen LogP contribution is 2.16. The van der Waals surface area contributed by atoms with Gasteiger partial charge in [0.05, 0.1) is 12.8 Å². The van der Waals surface area contributed by atoms with Crippen LogP contribution in [-0.2, 0) is 0 Å². The van der Waals surface area contributed by atoms with Crippen molar-refractivity contribution in [2.24, 2.45) is 0 Å². The highest BCUT2D eigenvalue weighted by molar-refractivity contribution is 6.29. The lowest BCUT2D eigenvalue weighted by Gasteiger charge is -2.01. The fourth-order valence-corrected chi connectivity index (χ4v) is 0.923. The van der Waals surface area contributed by atoms with Crippen LogP contribution < -0.4 is 4.74 Å². The maximum Gasteiger partial charge on any atom is 0.140 e. The molecule has 0 atom stereocenters. The first-order valence-corrected chi connectivity index (χ1v) is 4.29. The first kappa shape index (κ1) is 11.2. The Morgan fingerprint density at radius 2 is 1.92 bits per heavy atom. The van der Waals surface area contributed by atoms with Gasteiger partial charge in [0.2, 0.25) is 0 Å². The maximum absolute atomic E-state index is 5.61. The first-order valence-electron chi connectivity index (χ1n) is 3.91. The number of ether oxygens (including phenoxy) is 1. The number of hydrogen-bond acceptors (Lipinski definition) is 2. The van der Waals surface area contributed by atoms with E-state index in [9.17, 15) is 0 Å². The monoisotopic (exact) mass is 187 g/mol. The van der Waals surface area contributed by atoms with Crippen molar-refractivity contribution < 1.29 is 4.74 Å². The van der Waals surface area contributed by atoms with Crippen LogP contribution in [0.5, 0.6) is 5.75 Å². The van der Waals surface area contributed by atoms with Crippen LogP contribution in [0.25, 0.3) is 0 Å². The van der Waals surface area contributed by atoms with Crippen molar-refractivity contribution in [3.05, 3.63) is 23.0 Å². The summed E-state index contributed by atoms with van der Waals surface area (Å²) >= 11 is 5.61. The molecule has 0 saturated heterocycles. The van der Waals surface area contributed by atoms with E-state index in [0.717, 1.165) is 11.4 Å². The number of hydrogen-bond donors (Lipinski definition) is 0. The molecule has 0 unspecified atom stereocenters. The van der Waals surface area contributed by atoms with Gasteiger partial charge in [-0.05, 0) is 19.1 Å². The lowest BCUT2D eigenvalue weighted by molar-refractivity contribution is 0.409. The van der Waals surface area contributed by atoms with Gasteiger partial charge in [-0.15, -0.1) is 0 Å². The molecule has 0 amide bonds. The van der Waals surface area contributed by atoms with Gasteiger partial charge in [0.15, 0.2) is 0 Å². The summed E-state index contributed by atoms with van der Waals surface area (Å²) in [6.07, 6.45) is 0. The number of halogens is 1. The van der Waals surface area contributed by atoms with E-state index in [-0.39, 0.29) is 0 Å². The summed E-state index contributed by atoms with van der Waals surface area (Å²) in [7, 11) is 1.61. The van der Waals surface area contributed by atoms with Crippen molar-refractivity contribution >= 4 is 11.6 Å². The van der Waals surface area contributed by atoms with Crippen LogP contribution in [0, 0.1) is 6.92 Å². The van der Waals surface area contributed by atoms with Gasteiger partial charge in [-0.3, -0.25) is 0 Å². The number of aryl methyl sites for hydroxylation is 1. The van der Waals surface area contributed by atoms with Crippen LogP contribution in [0.1, 0.15) is 19.5 Å². The lowest BCUT2D eigenvalue weighted by atomic mass is 10.3. The van der Waals surface area contributed by atoms with Crippen molar-refractivity contribution in [2.45, 2.75) is 20.8 Å². The standard InChI is InChI=1S/C7H8ClNO.C2H6/c1-5-6(10-2)3-4-7(8)9-5;1-2/h3-4H,1-2H3;1-2H3. The minimum absolute atomic E-state index is 0.498. The largest absolute Gasteiger partial charge is 0.495 e. The van der Waals surface area contributed by atoms with Crippen LogP contribution in [0.15, 0.2) is 12.1 Å². The van der Waals surface area contributed by atoms with Gasteiger partial charge in [-0.2, -0.15) is 0 Å². The Kier molecular flexibility index (Phi) is 5.47. The van der Waals surface area contributed by atoms with Gasteiger partial charge in [0, 0.05) is 0 Å². The summed E-state index contributed by atoms with van der Waals surface area (Å²) in [5.74, 6) is 0.768. The van der Waals surface area contributed by atoms with Gasteiger partial charge in [0.1, 0.15) is 10.9 Å². The van der Waals surface area contributed by atoms with Crippen molar-refractivity contribution in [2.75, 3.05) is 7.11 Å². The Balaban J connectivity index is 0.000000561. The van der Waals surface area contributed by atoms with E-state index in [1.165, 1.54) is 0 Å². The zero-order chi connectivity index (χ0) is 9.56. The third-order valence-electron chi connectivity index (χ3n) is 1.22. The van der Waals surface area contributed by atoms with Crippen LogP contribution in [0.2, 0.25) is 5.15 Å². The van der Waals surface area contributed by atoms with Crippen LogP contribution in [0.4, 0.5) is 0 Å². The second-order valence-electron chi connectivity index (χ2n) is 1.92. The molecule has 1 rings (SSSR count). The SMILES string of the molecule is CC.COc1ccc(Cl)nc1C. The fourth-order valence-electron chi connectivity index (χ4n) is 0.733. The highest BCUT2D eigenvalue weighted by Gasteiger charge is 1.97. The van der Waals surface area contributed by atoms with Crippen LogP contribution in [-0.4, -0.2) is 12.1 Å². The molecule has 0 bridgehead atoms. The van der Waals surface area contributed by atoms with Gasteiger partial charge in [-0.25, -0.2) is 4.98 Å². The summed E-state index contributed by atoms with van der Waals surface area (Å²) in [5.41, 5.74) is 0.815. The summed E-state index contributed by atoms with van der Waals surface area (Å²) in [6.45, 7) is 5.85. The molecule has 3 heteroatoms. The van der Waals surface area contributed by atoms with E-state index in [2.05, 4.69) is 4.98 Å². The number of aromatic nitrogens is 1. The minimum Gasteiger partial charge on any atom is -0.495 e. The quantitative estimate of drug-likeness (QED) is 0.631. The molecule has 0 aliphatic rings. The van der Waals surface area contributed by atoms with Crippen molar-refractivity contribution in [3.8, 4) is 5.75 Å². The molecule has 0 aliphatic heterocycles. The van der Waals surface area contributed by atoms with E-state index >= 15 is 0 Å². The second kappa shape index (κ2) is 5.84. The number of nitrogens with zero attached hydrogens (tertiary/aromatic N) is 1. The Bertz CT molecular complexity index is 238. The van der Waals surface area contributed by atoms with E-state index in [1.54, 1.807) is 19.2 Å². The van der Waals surface area contributed by atoms with E-state index < -0.39 is 0 Å². The Morgan fingerprint density at radius 3 is 2.33 bits per heavy atom. The molecule has 0 spiro atoms. The molecule has 68 valence electrons. The number of rotatable bonds is 1. The van der Waals surface area contributed by atoms with E-state index in [4.69, 9.17) is 16.3 Å². The molecule has 0 fully saturated rings. The molecule has 0 aromatic carbocycles. The normalized spacial score (nSPS) is 8.42. The molecular weight excluding hydrogens is 174 g/mol.